The van der Waals surface area contributed by atoms with E-state index in [1.807, 2.05) is 36.0 Å². The number of nitrogens with zero attached hydrogens (tertiary/aromatic N) is 1. The van der Waals surface area contributed by atoms with Crippen LogP contribution in [0.15, 0.2) is 24.3 Å². The fourth-order valence-corrected chi connectivity index (χ4v) is 3.94. The smallest absolute Gasteiger partial charge is 0.252 e. The van der Waals surface area contributed by atoms with Gasteiger partial charge in [-0.15, -0.1) is 0 Å². The predicted octanol–water partition coefficient (Wildman–Crippen LogP) is 3.07. The summed E-state index contributed by atoms with van der Waals surface area (Å²) in [6, 6.07) is 9.92. The molecule has 1 aromatic rings. The van der Waals surface area contributed by atoms with E-state index in [0.29, 0.717) is 11.3 Å². The van der Waals surface area contributed by atoms with Crippen LogP contribution in [0.2, 0.25) is 0 Å². The topological polar surface area (TPSA) is 52.9 Å². The molecule has 106 valence electrons. The molecule has 20 heavy (non-hydrogen) atoms. The zero-order valence-corrected chi connectivity index (χ0v) is 13.1. The standard InChI is InChI=1S/C15H18N2OS2/c1-2-19-9-12-3-5-13(6-4-12)14(18)17-15(10-16)7-8-20-11-15/h3-6H,2,7-9,11H2,1H3,(H,17,18). The van der Waals surface area contributed by atoms with Crippen molar-refractivity contribution in [1.82, 2.24) is 5.32 Å². The van der Waals surface area contributed by atoms with Crippen LogP contribution in [0.3, 0.4) is 0 Å². The Labute approximate surface area is 128 Å². The molecule has 1 amide bonds. The van der Waals surface area contributed by atoms with Crippen molar-refractivity contribution in [3.8, 4) is 6.07 Å². The summed E-state index contributed by atoms with van der Waals surface area (Å²) in [4.78, 5) is 12.2. The summed E-state index contributed by atoms with van der Waals surface area (Å²) in [7, 11) is 0. The van der Waals surface area contributed by atoms with Gasteiger partial charge in [0.05, 0.1) is 6.07 Å². The van der Waals surface area contributed by atoms with Gasteiger partial charge in [0.25, 0.3) is 5.91 Å². The minimum Gasteiger partial charge on any atom is -0.333 e. The predicted molar refractivity (Wildman–Crippen MR) is 86.0 cm³/mol. The molecule has 1 unspecified atom stereocenters. The summed E-state index contributed by atoms with van der Waals surface area (Å²) in [6.45, 7) is 2.13. The molecule has 3 nitrogen and oxygen atoms in total. The third-order valence-electron chi connectivity index (χ3n) is 3.28. The van der Waals surface area contributed by atoms with E-state index in [0.717, 1.165) is 23.7 Å². The van der Waals surface area contributed by atoms with Crippen molar-refractivity contribution in [2.45, 2.75) is 24.6 Å². The molecule has 5 heteroatoms. The van der Waals surface area contributed by atoms with Gasteiger partial charge in [0, 0.05) is 17.1 Å². The van der Waals surface area contributed by atoms with E-state index < -0.39 is 5.54 Å². The van der Waals surface area contributed by atoms with Gasteiger partial charge >= 0.3 is 0 Å². The molecule has 1 heterocycles. The van der Waals surface area contributed by atoms with Crippen LogP contribution < -0.4 is 5.32 Å². The van der Waals surface area contributed by atoms with Crippen LogP contribution in [0.4, 0.5) is 0 Å². The molecule has 1 aliphatic rings. The zero-order valence-electron chi connectivity index (χ0n) is 11.5. The number of nitriles is 1. The average Bonchev–Trinajstić information content (AvgIpc) is 2.94. The lowest BCUT2D eigenvalue weighted by Crippen LogP contribution is -2.47. The first-order valence-corrected chi connectivity index (χ1v) is 8.98. The summed E-state index contributed by atoms with van der Waals surface area (Å²) >= 11 is 3.57. The molecule has 0 aliphatic carbocycles. The third kappa shape index (κ3) is 3.71. The molecule has 1 fully saturated rings. The Balaban J connectivity index is 2.00. The van der Waals surface area contributed by atoms with E-state index in [-0.39, 0.29) is 5.91 Å². The lowest BCUT2D eigenvalue weighted by Gasteiger charge is -2.21. The Hall–Kier alpha value is -1.12. The number of amides is 1. The first-order chi connectivity index (χ1) is 9.69. The van der Waals surface area contributed by atoms with Gasteiger partial charge in [0.1, 0.15) is 5.54 Å². The number of carbonyl (C=O) groups is 1. The van der Waals surface area contributed by atoms with E-state index >= 15 is 0 Å². The number of hydrogen-bond acceptors (Lipinski definition) is 4. The highest BCUT2D eigenvalue weighted by Gasteiger charge is 2.36. The monoisotopic (exact) mass is 306 g/mol. The minimum absolute atomic E-state index is 0.149. The van der Waals surface area contributed by atoms with Gasteiger partial charge in [-0.2, -0.15) is 28.8 Å². The maximum Gasteiger partial charge on any atom is 0.252 e. The van der Waals surface area contributed by atoms with Crippen LogP contribution >= 0.6 is 23.5 Å². The summed E-state index contributed by atoms with van der Waals surface area (Å²) in [6.07, 6.45) is 0.727. The molecule has 0 saturated carbocycles. The second-order valence-electron chi connectivity index (χ2n) is 4.78. The highest BCUT2D eigenvalue weighted by Crippen LogP contribution is 2.27. The normalized spacial score (nSPS) is 21.4. The maximum absolute atomic E-state index is 12.2. The molecule has 2 rings (SSSR count). The van der Waals surface area contributed by atoms with Gasteiger partial charge in [0.15, 0.2) is 0 Å². The number of carbonyl (C=O) groups excluding carboxylic acids is 1. The van der Waals surface area contributed by atoms with Crippen molar-refractivity contribution in [1.29, 1.82) is 5.26 Å². The van der Waals surface area contributed by atoms with Crippen LogP contribution in [0, 0.1) is 11.3 Å². The Morgan fingerprint density at radius 2 is 2.25 bits per heavy atom. The van der Waals surface area contributed by atoms with Crippen LogP contribution in [0.25, 0.3) is 0 Å². The maximum atomic E-state index is 12.2. The van der Waals surface area contributed by atoms with Crippen molar-refractivity contribution in [3.63, 3.8) is 0 Å². The zero-order chi connectivity index (χ0) is 14.4. The Bertz CT molecular complexity index is 502. The number of rotatable bonds is 5. The van der Waals surface area contributed by atoms with E-state index in [1.54, 1.807) is 11.8 Å². The highest BCUT2D eigenvalue weighted by atomic mass is 32.2. The summed E-state index contributed by atoms with van der Waals surface area (Å²) in [5.74, 6) is 3.52. The molecule has 1 N–H and O–H groups in total. The molecule has 1 saturated heterocycles. The van der Waals surface area contributed by atoms with Crippen molar-refractivity contribution in [2.24, 2.45) is 0 Å². The quantitative estimate of drug-likeness (QED) is 0.908. The Morgan fingerprint density at radius 3 is 2.80 bits per heavy atom. The number of nitrogens with one attached hydrogen (secondary N) is 1. The van der Waals surface area contributed by atoms with Gasteiger partial charge in [-0.1, -0.05) is 19.1 Å². The Kier molecular flexibility index (Phi) is 5.38. The van der Waals surface area contributed by atoms with Crippen molar-refractivity contribution < 1.29 is 4.79 Å². The van der Waals surface area contributed by atoms with E-state index in [2.05, 4.69) is 18.3 Å². The molecule has 0 bridgehead atoms. The summed E-state index contributed by atoms with van der Waals surface area (Å²) in [5.41, 5.74) is 1.17. The summed E-state index contributed by atoms with van der Waals surface area (Å²) in [5, 5.41) is 12.2. The fraction of sp³-hybridized carbons (Fsp3) is 0.467. The SMILES string of the molecule is CCSCc1ccc(C(=O)NC2(C#N)CCSC2)cc1. The van der Waals surface area contributed by atoms with Crippen molar-refractivity contribution in [2.75, 3.05) is 17.3 Å². The van der Waals surface area contributed by atoms with Gasteiger partial charge in [-0.05, 0) is 35.6 Å². The number of benzene rings is 1. The van der Waals surface area contributed by atoms with Crippen LogP contribution in [-0.2, 0) is 5.75 Å². The highest BCUT2D eigenvalue weighted by molar-refractivity contribution is 7.99. The first kappa shape index (κ1) is 15.3. The third-order valence-corrected chi connectivity index (χ3v) is 5.41. The second-order valence-corrected chi connectivity index (χ2v) is 7.16. The number of hydrogen-bond donors (Lipinski definition) is 1. The molecule has 0 spiro atoms. The molecule has 1 atom stereocenters. The molecule has 1 aromatic carbocycles. The first-order valence-electron chi connectivity index (χ1n) is 6.67. The van der Waals surface area contributed by atoms with Gasteiger partial charge < -0.3 is 5.32 Å². The second kappa shape index (κ2) is 7.05. The average molecular weight is 306 g/mol. The Morgan fingerprint density at radius 1 is 1.50 bits per heavy atom. The van der Waals surface area contributed by atoms with Gasteiger partial charge in [-0.25, -0.2) is 0 Å². The lowest BCUT2D eigenvalue weighted by atomic mass is 10.0. The molecular weight excluding hydrogens is 288 g/mol. The van der Waals surface area contributed by atoms with Crippen LogP contribution in [0.5, 0.6) is 0 Å². The minimum atomic E-state index is -0.682. The fourth-order valence-electron chi connectivity index (χ4n) is 2.04. The molecule has 1 aliphatic heterocycles. The molecule has 0 radical (unpaired) electrons. The lowest BCUT2D eigenvalue weighted by molar-refractivity contribution is 0.0926. The van der Waals surface area contributed by atoms with Crippen LogP contribution in [-0.4, -0.2) is 28.7 Å². The molecule has 0 aromatic heterocycles. The van der Waals surface area contributed by atoms with Gasteiger partial charge in [0.2, 0.25) is 0 Å². The van der Waals surface area contributed by atoms with Crippen LogP contribution in [0.1, 0.15) is 29.3 Å². The van der Waals surface area contributed by atoms with E-state index in [1.165, 1.54) is 5.56 Å². The van der Waals surface area contributed by atoms with E-state index in [4.69, 9.17) is 0 Å². The number of thioether (sulfide) groups is 2. The largest absolute Gasteiger partial charge is 0.333 e. The van der Waals surface area contributed by atoms with E-state index in [9.17, 15) is 10.1 Å². The van der Waals surface area contributed by atoms with Crippen molar-refractivity contribution >= 4 is 29.4 Å². The van der Waals surface area contributed by atoms with Crippen molar-refractivity contribution in [3.05, 3.63) is 35.4 Å². The van der Waals surface area contributed by atoms with Gasteiger partial charge in [-0.3, -0.25) is 4.79 Å². The summed E-state index contributed by atoms with van der Waals surface area (Å²) < 4.78 is 0. The molecular formula is C15H18N2OS2.